The maximum absolute atomic E-state index is 13.3. The van der Waals surface area contributed by atoms with Gasteiger partial charge in [-0.3, -0.25) is 0 Å². The van der Waals surface area contributed by atoms with Crippen LogP contribution in [-0.4, -0.2) is 41.9 Å². The molecule has 3 heterocycles. The molecule has 0 fully saturated rings. The second-order valence-corrected chi connectivity index (χ2v) is 7.53. The summed E-state index contributed by atoms with van der Waals surface area (Å²) in [7, 11) is 0. The number of fused-ring (bicyclic) bond motifs is 3. The first-order valence-corrected chi connectivity index (χ1v) is 9.56. The molecule has 3 aromatic rings. The zero-order chi connectivity index (χ0) is 21.6. The Hall–Kier alpha value is -3.18. The fraction of sp³-hybridized carbons (Fsp3) is 0.333. The van der Waals surface area contributed by atoms with Crippen molar-refractivity contribution in [1.82, 2.24) is 24.3 Å². The first-order chi connectivity index (χ1) is 14.2. The summed E-state index contributed by atoms with van der Waals surface area (Å²) in [6.07, 6.45) is 0.961. The molecule has 4 N–H and O–H groups in total. The first kappa shape index (κ1) is 20.1. The summed E-state index contributed by atoms with van der Waals surface area (Å²) < 4.78 is 21.9. The van der Waals surface area contributed by atoms with Crippen molar-refractivity contribution in [3.05, 3.63) is 46.5 Å². The van der Waals surface area contributed by atoms with E-state index >= 15 is 0 Å². The minimum Gasteiger partial charge on any atom is -0.478 e. The zero-order valence-electron chi connectivity index (χ0n) is 16.1. The quantitative estimate of drug-likeness (QED) is 0.515. The van der Waals surface area contributed by atoms with Gasteiger partial charge in [0.25, 0.3) is 0 Å². The fourth-order valence-electron chi connectivity index (χ4n) is 3.17. The molecule has 1 unspecified atom stereocenters. The summed E-state index contributed by atoms with van der Waals surface area (Å²) in [6, 6.07) is 4.37. The maximum atomic E-state index is 13.3. The number of nitrogen functional groups attached to an aromatic ring is 1. The summed E-state index contributed by atoms with van der Waals surface area (Å²) in [5.74, 6) is -0.0638. The van der Waals surface area contributed by atoms with Crippen LogP contribution in [0, 0.1) is 5.82 Å². The maximum Gasteiger partial charge on any atom is 0.351 e. The molecule has 0 saturated heterocycles. The van der Waals surface area contributed by atoms with Gasteiger partial charge in [0.1, 0.15) is 5.75 Å². The minimum atomic E-state index is -0.896. The third-order valence-corrected chi connectivity index (χ3v) is 5.02. The van der Waals surface area contributed by atoms with Gasteiger partial charge in [0.15, 0.2) is 23.1 Å². The van der Waals surface area contributed by atoms with Gasteiger partial charge in [0, 0.05) is 11.6 Å². The number of halogens is 2. The van der Waals surface area contributed by atoms with E-state index in [1.54, 1.807) is 32.0 Å². The van der Waals surface area contributed by atoms with Crippen LogP contribution in [0.3, 0.4) is 0 Å². The number of aromatic nitrogens is 5. The van der Waals surface area contributed by atoms with Gasteiger partial charge in [0.05, 0.1) is 24.5 Å². The molecule has 0 saturated carbocycles. The summed E-state index contributed by atoms with van der Waals surface area (Å²) in [5.41, 5.74) is 5.08. The molecule has 158 valence electrons. The van der Waals surface area contributed by atoms with Crippen LogP contribution in [-0.2, 0) is 5.60 Å². The van der Waals surface area contributed by atoms with Crippen LogP contribution in [0.1, 0.15) is 25.7 Å². The van der Waals surface area contributed by atoms with Crippen molar-refractivity contribution in [3.8, 4) is 11.4 Å². The highest BCUT2D eigenvalue weighted by Gasteiger charge is 2.38. The smallest absolute Gasteiger partial charge is 0.351 e. The van der Waals surface area contributed by atoms with Gasteiger partial charge in [-0.1, -0.05) is 0 Å². The molecule has 1 aliphatic heterocycles. The number of nitrogens with zero attached hydrogens (tertiary/aromatic N) is 5. The topological polar surface area (TPSA) is 133 Å². The molecule has 10 nitrogen and oxygen atoms in total. The van der Waals surface area contributed by atoms with Crippen molar-refractivity contribution in [1.29, 1.82) is 0 Å². The molecule has 1 atom stereocenters. The van der Waals surface area contributed by atoms with Crippen LogP contribution in [0.15, 0.2) is 29.2 Å². The number of hydrogen-bond donors (Lipinski definition) is 3. The van der Waals surface area contributed by atoms with Gasteiger partial charge in [0.2, 0.25) is 5.95 Å². The Morgan fingerprint density at radius 2 is 2.20 bits per heavy atom. The second kappa shape index (κ2) is 7.26. The van der Waals surface area contributed by atoms with Gasteiger partial charge in [-0.2, -0.15) is 4.98 Å². The summed E-state index contributed by atoms with van der Waals surface area (Å²) in [6.45, 7) is 3.24. The van der Waals surface area contributed by atoms with E-state index in [9.17, 15) is 14.3 Å². The molecule has 2 aromatic heterocycles. The summed E-state index contributed by atoms with van der Waals surface area (Å²) in [4.78, 5) is 20.8. The largest absolute Gasteiger partial charge is 0.478 e. The highest BCUT2D eigenvalue weighted by molar-refractivity contribution is 6.18. The van der Waals surface area contributed by atoms with E-state index < -0.39 is 23.1 Å². The molecule has 0 aliphatic carbocycles. The fourth-order valence-corrected chi connectivity index (χ4v) is 3.39. The van der Waals surface area contributed by atoms with Crippen molar-refractivity contribution in [2.24, 2.45) is 0 Å². The first-order valence-electron chi connectivity index (χ1n) is 9.02. The lowest BCUT2D eigenvalue weighted by atomic mass is 10.1. The molecule has 0 radical (unpaired) electrons. The highest BCUT2D eigenvalue weighted by Crippen LogP contribution is 2.38. The lowest BCUT2D eigenvalue weighted by Crippen LogP contribution is -2.36. The minimum absolute atomic E-state index is 0.0198. The number of benzene rings is 1. The van der Waals surface area contributed by atoms with Crippen LogP contribution in [0.2, 0.25) is 0 Å². The average Bonchev–Trinajstić information content (AvgIpc) is 3.05. The molecular formula is C18H19ClFN7O3. The predicted molar refractivity (Wildman–Crippen MR) is 108 cm³/mol. The average molecular weight is 436 g/mol. The number of nitrogens with one attached hydrogen (secondary N) is 1. The van der Waals surface area contributed by atoms with Crippen LogP contribution in [0.5, 0.6) is 5.75 Å². The molecule has 0 spiro atoms. The van der Waals surface area contributed by atoms with E-state index in [0.29, 0.717) is 22.9 Å². The van der Waals surface area contributed by atoms with Gasteiger partial charge >= 0.3 is 5.69 Å². The Morgan fingerprint density at radius 1 is 1.43 bits per heavy atom. The lowest BCUT2D eigenvalue weighted by Gasteiger charge is -2.31. The zero-order valence-corrected chi connectivity index (χ0v) is 16.9. The van der Waals surface area contributed by atoms with Crippen molar-refractivity contribution in [3.63, 3.8) is 0 Å². The predicted octanol–water partition coefficient (Wildman–Crippen LogP) is 1.69. The normalized spacial score (nSPS) is 15.1. The van der Waals surface area contributed by atoms with Gasteiger partial charge in [-0.25, -0.2) is 23.4 Å². The Bertz CT molecular complexity index is 1170. The van der Waals surface area contributed by atoms with Gasteiger partial charge < -0.3 is 20.9 Å². The number of nitrogens with two attached hydrogens (primary N) is 1. The Morgan fingerprint density at radius 3 is 2.87 bits per heavy atom. The third-order valence-electron chi connectivity index (χ3n) is 4.67. The van der Waals surface area contributed by atoms with E-state index in [-0.39, 0.29) is 24.3 Å². The van der Waals surface area contributed by atoms with Crippen molar-refractivity contribution in [2.45, 2.75) is 25.5 Å². The summed E-state index contributed by atoms with van der Waals surface area (Å²) >= 11 is 5.89. The van der Waals surface area contributed by atoms with E-state index in [1.807, 2.05) is 0 Å². The molecule has 0 amide bonds. The number of alkyl halides is 1. The molecular weight excluding hydrogens is 417 g/mol. The summed E-state index contributed by atoms with van der Waals surface area (Å²) in [5, 5.41) is 16.8. The van der Waals surface area contributed by atoms with E-state index in [1.165, 1.54) is 4.57 Å². The monoisotopic (exact) mass is 435 g/mol. The SMILES string of the molecule is CC1(C)Oc2ccc(Nc3ncc(F)c(N)n3)cc2-n2c1nn(C(CO)CCl)c2=O. The number of aliphatic hydroxyl groups is 1. The van der Waals surface area contributed by atoms with E-state index in [0.717, 1.165) is 10.9 Å². The molecule has 4 rings (SSSR count). The number of anilines is 3. The van der Waals surface area contributed by atoms with Gasteiger partial charge in [-0.05, 0) is 32.0 Å². The highest BCUT2D eigenvalue weighted by atomic mass is 35.5. The van der Waals surface area contributed by atoms with E-state index in [4.69, 9.17) is 22.1 Å². The molecule has 1 aliphatic rings. The lowest BCUT2D eigenvalue weighted by molar-refractivity contribution is 0.0858. The van der Waals surface area contributed by atoms with E-state index in [2.05, 4.69) is 20.4 Å². The number of rotatable bonds is 5. The van der Waals surface area contributed by atoms with Crippen molar-refractivity contribution >= 4 is 29.1 Å². The number of aliphatic hydroxyl groups excluding tert-OH is 1. The number of ether oxygens (including phenoxy) is 1. The van der Waals surface area contributed by atoms with Crippen LogP contribution >= 0.6 is 11.6 Å². The number of hydrogen-bond acceptors (Lipinski definition) is 8. The van der Waals surface area contributed by atoms with Gasteiger partial charge in [-0.15, -0.1) is 16.7 Å². The van der Waals surface area contributed by atoms with Crippen LogP contribution in [0.4, 0.5) is 21.8 Å². The molecule has 1 aromatic carbocycles. The third kappa shape index (κ3) is 3.25. The molecule has 30 heavy (non-hydrogen) atoms. The van der Waals surface area contributed by atoms with Crippen LogP contribution < -0.4 is 21.5 Å². The Balaban J connectivity index is 1.81. The Kier molecular flexibility index (Phi) is 4.86. The van der Waals surface area contributed by atoms with Crippen molar-refractivity contribution < 1.29 is 14.2 Å². The standard InChI is InChI=1S/C18H19ClFN7O3/c1-18(2)15-25-27(10(6-19)8-28)17(29)26(15)12-5-9(3-4-13(12)30-18)23-16-22-7-11(20)14(21)24-16/h3-5,7,10,28H,6,8H2,1-2H3,(H3,21,22,23,24). The molecule has 0 bridgehead atoms. The van der Waals surface area contributed by atoms with Crippen LogP contribution in [0.25, 0.3) is 5.69 Å². The molecule has 12 heteroatoms. The Labute approximate surface area is 175 Å². The van der Waals surface area contributed by atoms with Crippen molar-refractivity contribution in [2.75, 3.05) is 23.5 Å². The second-order valence-electron chi connectivity index (χ2n) is 7.22.